The first-order valence-corrected chi connectivity index (χ1v) is 10.5. The van der Waals surface area contributed by atoms with Gasteiger partial charge in [0, 0.05) is 18.7 Å². The Morgan fingerprint density at radius 3 is 2.74 bits per heavy atom. The fourth-order valence-corrected chi connectivity index (χ4v) is 5.20. The Kier molecular flexibility index (Phi) is 6.59. The molecule has 2 fully saturated rings. The van der Waals surface area contributed by atoms with E-state index in [1.165, 1.54) is 13.2 Å². The van der Waals surface area contributed by atoms with Crippen molar-refractivity contribution in [2.75, 3.05) is 26.9 Å². The minimum atomic E-state index is -0.578. The molecule has 7 heteroatoms. The summed E-state index contributed by atoms with van der Waals surface area (Å²) in [6, 6.07) is 7.21. The lowest BCUT2D eigenvalue weighted by atomic mass is 9.65. The van der Waals surface area contributed by atoms with Crippen LogP contribution in [-0.4, -0.2) is 49.7 Å². The summed E-state index contributed by atoms with van der Waals surface area (Å²) in [6.45, 7) is 7.16. The number of carbonyl (C=O) groups is 2. The standard InChI is InChI=1S/C24H30N2O5/c1-23(2)12-18-13-24(3,15-23)16-26(18)21(27)14-31-22(28)8-6-17-5-7-19(30-10-9-25)20(11-17)29-4/h5-8,11,18H,10,12-16H2,1-4H3/b8-6+/t18-,24-/m1/s1. The van der Waals surface area contributed by atoms with Gasteiger partial charge in [0.25, 0.3) is 5.91 Å². The third kappa shape index (κ3) is 5.57. The van der Waals surface area contributed by atoms with Crippen LogP contribution in [0.15, 0.2) is 24.3 Å². The number of carbonyl (C=O) groups excluding carboxylic acids is 2. The van der Waals surface area contributed by atoms with Gasteiger partial charge in [0.2, 0.25) is 0 Å². The molecule has 1 amide bonds. The highest BCUT2D eigenvalue weighted by Gasteiger charge is 2.50. The molecule has 31 heavy (non-hydrogen) atoms. The summed E-state index contributed by atoms with van der Waals surface area (Å²) in [6.07, 6.45) is 5.97. The number of nitrogens with zero attached hydrogens (tertiary/aromatic N) is 2. The monoisotopic (exact) mass is 426 g/mol. The largest absolute Gasteiger partial charge is 0.493 e. The Hall–Kier alpha value is -3.01. The van der Waals surface area contributed by atoms with Gasteiger partial charge >= 0.3 is 5.97 Å². The van der Waals surface area contributed by atoms with Crippen LogP contribution < -0.4 is 9.47 Å². The summed E-state index contributed by atoms with van der Waals surface area (Å²) >= 11 is 0. The first-order chi connectivity index (χ1) is 14.6. The number of likely N-dealkylation sites (tertiary alicyclic amines) is 1. The van der Waals surface area contributed by atoms with Crippen molar-refractivity contribution in [1.29, 1.82) is 5.26 Å². The Morgan fingerprint density at radius 1 is 1.26 bits per heavy atom. The third-order valence-corrected chi connectivity index (χ3v) is 5.96. The van der Waals surface area contributed by atoms with E-state index in [1.54, 1.807) is 24.3 Å². The number of rotatable bonds is 7. The molecule has 1 aliphatic heterocycles. The third-order valence-electron chi connectivity index (χ3n) is 5.96. The Labute approximate surface area is 183 Å². The first kappa shape index (κ1) is 22.7. The SMILES string of the molecule is COc1cc(/C=C/C(=O)OCC(=O)N2C[C@]3(C)C[C@H]2CC(C)(C)C3)ccc1OCC#N. The highest BCUT2D eigenvalue weighted by atomic mass is 16.5. The van der Waals surface area contributed by atoms with Gasteiger partial charge in [-0.05, 0) is 53.9 Å². The summed E-state index contributed by atoms with van der Waals surface area (Å²) < 4.78 is 15.7. The van der Waals surface area contributed by atoms with Gasteiger partial charge in [0.1, 0.15) is 6.07 Å². The topological polar surface area (TPSA) is 88.9 Å². The molecule has 0 unspecified atom stereocenters. The quantitative estimate of drug-likeness (QED) is 0.489. The van der Waals surface area contributed by atoms with Gasteiger partial charge in [-0.25, -0.2) is 4.79 Å². The highest BCUT2D eigenvalue weighted by Crippen LogP contribution is 2.52. The molecule has 166 valence electrons. The molecule has 3 rings (SSSR count). The zero-order valence-corrected chi connectivity index (χ0v) is 18.6. The molecule has 0 N–H and O–H groups in total. The maximum Gasteiger partial charge on any atom is 0.331 e. The molecule has 1 heterocycles. The van der Waals surface area contributed by atoms with Crippen molar-refractivity contribution in [1.82, 2.24) is 4.90 Å². The molecule has 1 aliphatic carbocycles. The normalized spacial score (nSPS) is 24.0. The summed E-state index contributed by atoms with van der Waals surface area (Å²) in [7, 11) is 1.50. The van der Waals surface area contributed by atoms with Gasteiger partial charge in [-0.1, -0.05) is 26.8 Å². The number of hydrogen-bond acceptors (Lipinski definition) is 6. The van der Waals surface area contributed by atoms with Crippen LogP contribution in [0.25, 0.3) is 6.08 Å². The summed E-state index contributed by atoms with van der Waals surface area (Å²) in [5, 5.41) is 8.62. The molecule has 7 nitrogen and oxygen atoms in total. The van der Waals surface area contributed by atoms with Crippen LogP contribution in [0.4, 0.5) is 0 Å². The fourth-order valence-electron chi connectivity index (χ4n) is 5.20. The molecule has 0 aromatic heterocycles. The average molecular weight is 427 g/mol. The fraction of sp³-hybridized carbons (Fsp3) is 0.542. The van der Waals surface area contributed by atoms with Crippen LogP contribution in [0.3, 0.4) is 0 Å². The molecular formula is C24H30N2O5. The van der Waals surface area contributed by atoms with Crippen LogP contribution >= 0.6 is 0 Å². The number of hydrogen-bond donors (Lipinski definition) is 0. The zero-order valence-electron chi connectivity index (χ0n) is 18.6. The van der Waals surface area contributed by atoms with Crippen molar-refractivity contribution >= 4 is 18.0 Å². The van der Waals surface area contributed by atoms with Crippen molar-refractivity contribution in [2.45, 2.75) is 46.1 Å². The second-order valence-corrected chi connectivity index (χ2v) is 9.53. The number of benzene rings is 1. The van der Waals surface area contributed by atoms with E-state index >= 15 is 0 Å². The van der Waals surface area contributed by atoms with Gasteiger partial charge in [-0.3, -0.25) is 4.79 Å². The Bertz CT molecular complexity index is 917. The van der Waals surface area contributed by atoms with Gasteiger partial charge in [-0.15, -0.1) is 0 Å². The number of methoxy groups -OCH3 is 1. The molecule has 1 aromatic rings. The average Bonchev–Trinajstić information content (AvgIpc) is 2.97. The minimum absolute atomic E-state index is 0.0829. The molecule has 2 aliphatic rings. The van der Waals surface area contributed by atoms with Gasteiger partial charge in [0.15, 0.2) is 24.7 Å². The zero-order chi connectivity index (χ0) is 22.6. The number of esters is 1. The van der Waals surface area contributed by atoms with Gasteiger partial charge in [-0.2, -0.15) is 5.26 Å². The van der Waals surface area contributed by atoms with E-state index in [0.717, 1.165) is 25.8 Å². The molecular weight excluding hydrogens is 396 g/mol. The van der Waals surface area contributed by atoms with E-state index in [1.807, 2.05) is 11.0 Å². The number of ether oxygens (including phenoxy) is 3. The Morgan fingerprint density at radius 2 is 2.03 bits per heavy atom. The lowest BCUT2D eigenvalue weighted by Crippen LogP contribution is -2.39. The predicted octanol–water partition coefficient (Wildman–Crippen LogP) is 3.58. The second-order valence-electron chi connectivity index (χ2n) is 9.53. The van der Waals surface area contributed by atoms with E-state index in [-0.39, 0.29) is 36.0 Å². The predicted molar refractivity (Wildman–Crippen MR) is 115 cm³/mol. The Balaban J connectivity index is 1.54. The van der Waals surface area contributed by atoms with Crippen molar-refractivity contribution in [3.8, 4) is 17.6 Å². The van der Waals surface area contributed by atoms with Crippen LogP contribution in [-0.2, 0) is 14.3 Å². The van der Waals surface area contributed by atoms with Crippen molar-refractivity contribution < 1.29 is 23.8 Å². The minimum Gasteiger partial charge on any atom is -0.493 e. The molecule has 1 saturated carbocycles. The van der Waals surface area contributed by atoms with E-state index < -0.39 is 5.97 Å². The molecule has 1 saturated heterocycles. The van der Waals surface area contributed by atoms with E-state index in [0.29, 0.717) is 17.1 Å². The first-order valence-electron chi connectivity index (χ1n) is 10.5. The lowest BCUT2D eigenvalue weighted by molar-refractivity contribution is -0.148. The summed E-state index contributed by atoms with van der Waals surface area (Å²) in [4.78, 5) is 26.7. The van der Waals surface area contributed by atoms with Gasteiger partial charge in [0.05, 0.1) is 7.11 Å². The van der Waals surface area contributed by atoms with E-state index in [4.69, 9.17) is 19.5 Å². The van der Waals surface area contributed by atoms with Crippen LogP contribution in [0.1, 0.15) is 45.6 Å². The number of fused-ring (bicyclic) bond motifs is 2. The second kappa shape index (κ2) is 9.01. The lowest BCUT2D eigenvalue weighted by Gasteiger charge is -2.39. The van der Waals surface area contributed by atoms with Gasteiger partial charge < -0.3 is 19.1 Å². The molecule has 0 spiro atoms. The van der Waals surface area contributed by atoms with Crippen LogP contribution in [0, 0.1) is 22.2 Å². The van der Waals surface area contributed by atoms with E-state index in [9.17, 15) is 9.59 Å². The molecule has 2 bridgehead atoms. The number of nitriles is 1. The smallest absolute Gasteiger partial charge is 0.331 e. The highest BCUT2D eigenvalue weighted by molar-refractivity contribution is 5.89. The van der Waals surface area contributed by atoms with Crippen molar-refractivity contribution in [3.63, 3.8) is 0 Å². The molecule has 2 atom stereocenters. The maximum absolute atomic E-state index is 12.7. The maximum atomic E-state index is 12.7. The van der Waals surface area contributed by atoms with Crippen molar-refractivity contribution in [3.05, 3.63) is 29.8 Å². The van der Waals surface area contributed by atoms with E-state index in [2.05, 4.69) is 20.8 Å². The summed E-state index contributed by atoms with van der Waals surface area (Å²) in [5.74, 6) is 0.194. The van der Waals surface area contributed by atoms with Crippen molar-refractivity contribution in [2.24, 2.45) is 10.8 Å². The summed E-state index contributed by atoms with van der Waals surface area (Å²) in [5.41, 5.74) is 1.07. The van der Waals surface area contributed by atoms with Crippen LogP contribution in [0.2, 0.25) is 0 Å². The molecule has 0 radical (unpaired) electrons. The van der Waals surface area contributed by atoms with Crippen LogP contribution in [0.5, 0.6) is 11.5 Å². The molecule has 1 aromatic carbocycles. The number of amides is 1.